The highest BCUT2D eigenvalue weighted by atomic mass is 32.2. The van der Waals surface area contributed by atoms with Crippen LogP contribution >= 0.6 is 0 Å². The molecule has 152 valence electrons. The van der Waals surface area contributed by atoms with Crippen molar-refractivity contribution in [1.82, 2.24) is 20.1 Å². The molecule has 29 heavy (non-hydrogen) atoms. The number of likely N-dealkylation sites (tertiary alicyclic amines) is 1. The fourth-order valence-electron chi connectivity index (χ4n) is 2.90. The molecule has 1 amide bonds. The number of rotatable bonds is 5. The molecular formula is C17H15F2N5O4S. The molecule has 0 bridgehead atoms. The van der Waals surface area contributed by atoms with E-state index in [4.69, 9.17) is 4.42 Å². The van der Waals surface area contributed by atoms with Gasteiger partial charge in [0, 0.05) is 25.4 Å². The lowest BCUT2D eigenvalue weighted by Crippen LogP contribution is -2.27. The smallest absolute Gasteiger partial charge is 0.311 e. The first-order valence-electron chi connectivity index (χ1n) is 8.63. The van der Waals surface area contributed by atoms with Gasteiger partial charge in [0.1, 0.15) is 10.6 Å². The first kappa shape index (κ1) is 19.1. The normalized spacial score (nSPS) is 14.3. The summed E-state index contributed by atoms with van der Waals surface area (Å²) in [6.45, 7) is 1.24. The third-order valence-electron chi connectivity index (χ3n) is 4.37. The van der Waals surface area contributed by atoms with Gasteiger partial charge in [-0.25, -0.2) is 17.2 Å². The quantitative estimate of drug-likeness (QED) is 0.650. The van der Waals surface area contributed by atoms with Crippen LogP contribution in [0.15, 0.2) is 39.8 Å². The Bertz CT molecular complexity index is 1170. The number of H-pyrrole nitrogens is 1. The van der Waals surface area contributed by atoms with Crippen LogP contribution in [-0.2, 0) is 10.0 Å². The summed E-state index contributed by atoms with van der Waals surface area (Å²) in [6.07, 6.45) is 2.99. The third-order valence-corrected chi connectivity index (χ3v) is 5.73. The molecule has 4 rings (SSSR count). The zero-order valence-corrected chi connectivity index (χ0v) is 15.7. The van der Waals surface area contributed by atoms with E-state index in [1.54, 1.807) is 4.90 Å². The van der Waals surface area contributed by atoms with Crippen molar-refractivity contribution < 1.29 is 26.4 Å². The van der Waals surface area contributed by atoms with Gasteiger partial charge in [0.2, 0.25) is 0 Å². The van der Waals surface area contributed by atoms with E-state index in [9.17, 15) is 22.0 Å². The van der Waals surface area contributed by atoms with Gasteiger partial charge in [0.25, 0.3) is 15.9 Å². The lowest BCUT2D eigenvalue weighted by atomic mass is 10.3. The van der Waals surface area contributed by atoms with E-state index >= 15 is 0 Å². The molecule has 0 aliphatic carbocycles. The number of carbonyl (C=O) groups is 1. The zero-order valence-electron chi connectivity index (χ0n) is 14.9. The van der Waals surface area contributed by atoms with Crippen LogP contribution in [-0.4, -0.2) is 47.5 Å². The van der Waals surface area contributed by atoms with Crippen molar-refractivity contribution >= 4 is 21.6 Å². The molecule has 1 aliphatic rings. The van der Waals surface area contributed by atoms with Crippen LogP contribution in [0.3, 0.4) is 0 Å². The van der Waals surface area contributed by atoms with E-state index in [-0.39, 0.29) is 34.0 Å². The van der Waals surface area contributed by atoms with Crippen molar-refractivity contribution in [3.63, 3.8) is 0 Å². The van der Waals surface area contributed by atoms with Crippen molar-refractivity contribution in [3.05, 3.63) is 48.0 Å². The zero-order chi connectivity index (χ0) is 20.6. The summed E-state index contributed by atoms with van der Waals surface area (Å²) in [7, 11) is -4.09. The molecule has 2 aromatic heterocycles. The Hall–Kier alpha value is -3.28. The standard InChI is InChI=1S/C17H15F2N5O4S/c18-12-4-3-10(7-13(12)19)23-29(26,27)11-8-14(20-9-11)15-21-22-16(28-15)17(25)24-5-1-2-6-24/h3-4,7-9,20,23H,1-2,5-6H2. The molecule has 0 atom stereocenters. The minimum atomic E-state index is -4.09. The molecule has 3 heterocycles. The highest BCUT2D eigenvalue weighted by Gasteiger charge is 2.26. The van der Waals surface area contributed by atoms with Gasteiger partial charge in [-0.2, -0.15) is 0 Å². The lowest BCUT2D eigenvalue weighted by molar-refractivity contribution is 0.0754. The van der Waals surface area contributed by atoms with Crippen molar-refractivity contribution in [2.45, 2.75) is 17.7 Å². The first-order chi connectivity index (χ1) is 13.8. The topological polar surface area (TPSA) is 121 Å². The minimum absolute atomic E-state index is 0.0539. The number of aromatic amines is 1. The van der Waals surface area contributed by atoms with Gasteiger partial charge < -0.3 is 14.3 Å². The van der Waals surface area contributed by atoms with Gasteiger partial charge >= 0.3 is 11.8 Å². The van der Waals surface area contributed by atoms with E-state index in [2.05, 4.69) is 19.9 Å². The summed E-state index contributed by atoms with van der Waals surface area (Å²) in [4.78, 5) is 16.4. The predicted molar refractivity (Wildman–Crippen MR) is 96.4 cm³/mol. The van der Waals surface area contributed by atoms with Crippen LogP contribution in [0.1, 0.15) is 23.5 Å². The number of halogens is 2. The van der Waals surface area contributed by atoms with E-state index in [0.717, 1.165) is 31.0 Å². The second kappa shape index (κ2) is 7.28. The van der Waals surface area contributed by atoms with Crippen molar-refractivity contribution in [2.75, 3.05) is 17.8 Å². The van der Waals surface area contributed by atoms with Crippen LogP contribution in [0.4, 0.5) is 14.5 Å². The number of nitrogens with zero attached hydrogens (tertiary/aromatic N) is 3. The minimum Gasteiger partial charge on any atom is -0.411 e. The highest BCUT2D eigenvalue weighted by Crippen LogP contribution is 2.24. The SMILES string of the molecule is O=C(c1nnc(-c2cc(S(=O)(=O)Nc3ccc(F)c(F)c3)c[nH]2)o1)N1CCCC1. The summed E-state index contributed by atoms with van der Waals surface area (Å²) in [5.41, 5.74) is 0.0478. The fourth-order valence-corrected chi connectivity index (χ4v) is 3.94. The fraction of sp³-hybridized carbons (Fsp3) is 0.235. The Morgan fingerprint density at radius 1 is 1.14 bits per heavy atom. The van der Waals surface area contributed by atoms with Gasteiger partial charge in [-0.1, -0.05) is 0 Å². The average molecular weight is 423 g/mol. The Morgan fingerprint density at radius 2 is 1.90 bits per heavy atom. The number of anilines is 1. The second-order valence-electron chi connectivity index (χ2n) is 6.40. The van der Waals surface area contributed by atoms with Crippen molar-refractivity contribution in [2.24, 2.45) is 0 Å². The molecule has 0 saturated carbocycles. The van der Waals surface area contributed by atoms with Crippen LogP contribution in [0.25, 0.3) is 11.6 Å². The number of hydrogen-bond acceptors (Lipinski definition) is 6. The van der Waals surface area contributed by atoms with Crippen LogP contribution in [0, 0.1) is 11.6 Å². The number of hydrogen-bond donors (Lipinski definition) is 2. The first-order valence-corrected chi connectivity index (χ1v) is 10.1. The lowest BCUT2D eigenvalue weighted by Gasteiger charge is -2.11. The van der Waals surface area contributed by atoms with Gasteiger partial charge in [0.05, 0.1) is 5.69 Å². The Balaban J connectivity index is 1.53. The van der Waals surface area contributed by atoms with Gasteiger partial charge in [-0.15, -0.1) is 10.2 Å². The number of aromatic nitrogens is 3. The monoisotopic (exact) mass is 423 g/mol. The maximum atomic E-state index is 13.3. The Labute approximate surface area is 163 Å². The molecule has 1 saturated heterocycles. The van der Waals surface area contributed by atoms with Gasteiger partial charge in [-0.3, -0.25) is 9.52 Å². The summed E-state index contributed by atoms with van der Waals surface area (Å²) in [5, 5.41) is 7.50. The van der Waals surface area contributed by atoms with Crippen LogP contribution < -0.4 is 4.72 Å². The summed E-state index contributed by atoms with van der Waals surface area (Å²) in [5.74, 6) is -2.88. The largest absolute Gasteiger partial charge is 0.411 e. The Kier molecular flexibility index (Phi) is 4.78. The maximum absolute atomic E-state index is 13.3. The molecule has 3 aromatic rings. The number of benzene rings is 1. The molecule has 1 aromatic carbocycles. The Morgan fingerprint density at radius 3 is 2.62 bits per heavy atom. The molecule has 1 fully saturated rings. The molecule has 9 nitrogen and oxygen atoms in total. The van der Waals surface area contributed by atoms with E-state index in [0.29, 0.717) is 13.1 Å². The number of carbonyl (C=O) groups excluding carboxylic acids is 1. The summed E-state index contributed by atoms with van der Waals surface area (Å²) < 4.78 is 58.7. The summed E-state index contributed by atoms with van der Waals surface area (Å²) >= 11 is 0. The van der Waals surface area contributed by atoms with E-state index in [1.807, 2.05) is 0 Å². The number of nitrogens with one attached hydrogen (secondary N) is 2. The van der Waals surface area contributed by atoms with Gasteiger partial charge in [0.15, 0.2) is 11.6 Å². The van der Waals surface area contributed by atoms with Crippen molar-refractivity contribution in [3.8, 4) is 11.6 Å². The van der Waals surface area contributed by atoms with Crippen LogP contribution in [0.5, 0.6) is 0 Å². The molecule has 1 aliphatic heterocycles. The van der Waals surface area contributed by atoms with Gasteiger partial charge in [-0.05, 0) is 31.0 Å². The molecule has 0 unspecified atom stereocenters. The number of sulfonamides is 1. The second-order valence-corrected chi connectivity index (χ2v) is 8.08. The van der Waals surface area contributed by atoms with Crippen LogP contribution in [0.2, 0.25) is 0 Å². The molecule has 0 spiro atoms. The number of amides is 1. The molecular weight excluding hydrogens is 408 g/mol. The third kappa shape index (κ3) is 3.83. The van der Waals surface area contributed by atoms with E-state index < -0.39 is 21.7 Å². The van der Waals surface area contributed by atoms with E-state index in [1.165, 1.54) is 12.3 Å². The molecule has 2 N–H and O–H groups in total. The molecule has 0 radical (unpaired) electrons. The molecule has 12 heteroatoms. The maximum Gasteiger partial charge on any atom is 0.311 e. The van der Waals surface area contributed by atoms with Crippen molar-refractivity contribution in [1.29, 1.82) is 0 Å². The average Bonchev–Trinajstić information content (AvgIpc) is 3.44. The highest BCUT2D eigenvalue weighted by molar-refractivity contribution is 7.92. The summed E-state index contributed by atoms with van der Waals surface area (Å²) in [6, 6.07) is 3.86. The predicted octanol–water partition coefficient (Wildman–Crippen LogP) is 2.38.